The molecule has 0 saturated heterocycles. The number of benzene rings is 1. The van der Waals surface area contributed by atoms with Crippen molar-refractivity contribution in [3.8, 4) is 17.6 Å². The zero-order valence-corrected chi connectivity index (χ0v) is 13.2. The second-order valence-corrected chi connectivity index (χ2v) is 5.52. The fourth-order valence-electron chi connectivity index (χ4n) is 1.43. The van der Waals surface area contributed by atoms with E-state index in [4.69, 9.17) is 14.7 Å². The van der Waals surface area contributed by atoms with E-state index in [9.17, 15) is 0 Å². The molecule has 1 aromatic carbocycles. The Balaban J connectivity index is 2.90. The van der Waals surface area contributed by atoms with Gasteiger partial charge in [0.15, 0.2) is 11.5 Å². The summed E-state index contributed by atoms with van der Waals surface area (Å²) < 4.78 is 12.2. The molecule has 1 aromatic rings. The van der Waals surface area contributed by atoms with Crippen molar-refractivity contribution < 1.29 is 9.47 Å². The SMILES string of the molecule is CCOc1cc(C#N)cc(I)c1OCCC(C)C. The van der Waals surface area contributed by atoms with Crippen molar-refractivity contribution in [2.24, 2.45) is 5.92 Å². The van der Waals surface area contributed by atoms with Gasteiger partial charge in [0.2, 0.25) is 0 Å². The molecule has 0 amide bonds. The maximum Gasteiger partial charge on any atom is 0.174 e. The van der Waals surface area contributed by atoms with E-state index in [1.807, 2.05) is 13.0 Å². The van der Waals surface area contributed by atoms with E-state index in [0.717, 1.165) is 15.7 Å². The highest BCUT2D eigenvalue weighted by atomic mass is 127. The highest BCUT2D eigenvalue weighted by Gasteiger charge is 2.12. The van der Waals surface area contributed by atoms with Crippen LogP contribution >= 0.6 is 22.6 Å². The minimum absolute atomic E-state index is 0.561. The summed E-state index contributed by atoms with van der Waals surface area (Å²) in [6.45, 7) is 7.47. The summed E-state index contributed by atoms with van der Waals surface area (Å²) in [5.41, 5.74) is 0.596. The number of rotatable bonds is 6. The van der Waals surface area contributed by atoms with Crippen LogP contribution < -0.4 is 9.47 Å². The maximum atomic E-state index is 8.94. The van der Waals surface area contributed by atoms with Gasteiger partial charge in [0.1, 0.15) is 0 Å². The van der Waals surface area contributed by atoms with E-state index in [0.29, 0.717) is 30.4 Å². The molecule has 0 aromatic heterocycles. The zero-order valence-electron chi connectivity index (χ0n) is 11.0. The molecule has 0 atom stereocenters. The first kappa shape index (κ1) is 15.1. The van der Waals surface area contributed by atoms with Crippen LogP contribution in [0, 0.1) is 20.8 Å². The predicted molar refractivity (Wildman–Crippen MR) is 80.0 cm³/mol. The first-order valence-corrected chi connectivity index (χ1v) is 7.15. The van der Waals surface area contributed by atoms with Crippen LogP contribution in [0.15, 0.2) is 12.1 Å². The molecule has 98 valence electrons. The number of hydrogen-bond donors (Lipinski definition) is 0. The van der Waals surface area contributed by atoms with Crippen LogP contribution in [-0.4, -0.2) is 13.2 Å². The van der Waals surface area contributed by atoms with Gasteiger partial charge in [-0.25, -0.2) is 0 Å². The van der Waals surface area contributed by atoms with Crippen molar-refractivity contribution >= 4 is 22.6 Å². The molecule has 0 N–H and O–H groups in total. The highest BCUT2D eigenvalue weighted by Crippen LogP contribution is 2.34. The Kier molecular flexibility index (Phi) is 6.27. The van der Waals surface area contributed by atoms with Crippen molar-refractivity contribution in [3.63, 3.8) is 0 Å². The summed E-state index contributed by atoms with van der Waals surface area (Å²) in [4.78, 5) is 0. The molecule has 0 saturated carbocycles. The normalized spacial score (nSPS) is 10.2. The molecular weight excluding hydrogens is 341 g/mol. The van der Waals surface area contributed by atoms with Crippen LogP contribution in [-0.2, 0) is 0 Å². The minimum atomic E-state index is 0.561. The first-order valence-electron chi connectivity index (χ1n) is 6.07. The minimum Gasteiger partial charge on any atom is -0.490 e. The third kappa shape index (κ3) is 4.37. The Morgan fingerprint density at radius 2 is 2.06 bits per heavy atom. The van der Waals surface area contributed by atoms with Crippen LogP contribution in [0.3, 0.4) is 0 Å². The molecule has 0 aliphatic carbocycles. The van der Waals surface area contributed by atoms with E-state index < -0.39 is 0 Å². The van der Waals surface area contributed by atoms with Crippen molar-refractivity contribution in [2.45, 2.75) is 27.2 Å². The fraction of sp³-hybridized carbons (Fsp3) is 0.500. The Hall–Kier alpha value is -0.960. The molecule has 0 aliphatic heterocycles. The van der Waals surface area contributed by atoms with Crippen LogP contribution in [0.5, 0.6) is 11.5 Å². The Labute approximate surface area is 122 Å². The molecule has 0 radical (unpaired) electrons. The van der Waals surface area contributed by atoms with Gasteiger partial charge in [-0.2, -0.15) is 5.26 Å². The van der Waals surface area contributed by atoms with Crippen LogP contribution in [0.1, 0.15) is 32.8 Å². The molecule has 0 unspecified atom stereocenters. The van der Waals surface area contributed by atoms with Gasteiger partial charge in [0.25, 0.3) is 0 Å². The standard InChI is InChI=1S/C14H18INO2/c1-4-17-13-8-11(9-16)7-12(15)14(13)18-6-5-10(2)3/h7-8,10H,4-6H2,1-3H3. The molecule has 18 heavy (non-hydrogen) atoms. The summed E-state index contributed by atoms with van der Waals surface area (Å²) in [7, 11) is 0. The molecule has 1 rings (SSSR count). The van der Waals surface area contributed by atoms with Crippen LogP contribution in [0.4, 0.5) is 0 Å². The molecule has 0 aliphatic rings. The van der Waals surface area contributed by atoms with Gasteiger partial charge in [-0.15, -0.1) is 0 Å². The largest absolute Gasteiger partial charge is 0.490 e. The summed E-state index contributed by atoms with van der Waals surface area (Å²) in [6.07, 6.45) is 1.00. The number of nitrogens with zero attached hydrogens (tertiary/aromatic N) is 1. The summed E-state index contributed by atoms with van der Waals surface area (Å²) >= 11 is 2.18. The maximum absolute atomic E-state index is 8.94. The first-order chi connectivity index (χ1) is 8.58. The van der Waals surface area contributed by atoms with Crippen molar-refractivity contribution in [1.82, 2.24) is 0 Å². The molecular formula is C14H18INO2. The van der Waals surface area contributed by atoms with Crippen molar-refractivity contribution in [1.29, 1.82) is 5.26 Å². The lowest BCUT2D eigenvalue weighted by Gasteiger charge is -2.14. The molecule has 3 nitrogen and oxygen atoms in total. The lowest BCUT2D eigenvalue weighted by molar-refractivity contribution is 0.259. The summed E-state index contributed by atoms with van der Waals surface area (Å²) in [5, 5.41) is 8.94. The predicted octanol–water partition coefficient (Wildman–Crippen LogP) is 3.99. The lowest BCUT2D eigenvalue weighted by atomic mass is 10.1. The van der Waals surface area contributed by atoms with Crippen LogP contribution in [0.2, 0.25) is 0 Å². The van der Waals surface area contributed by atoms with E-state index in [1.54, 1.807) is 6.07 Å². The molecule has 0 heterocycles. The van der Waals surface area contributed by atoms with Crippen molar-refractivity contribution in [3.05, 3.63) is 21.3 Å². The summed E-state index contributed by atoms with van der Waals surface area (Å²) in [6, 6.07) is 5.67. The zero-order chi connectivity index (χ0) is 13.5. The van der Waals surface area contributed by atoms with Gasteiger partial charge in [0.05, 0.1) is 28.4 Å². The van der Waals surface area contributed by atoms with E-state index >= 15 is 0 Å². The third-order valence-electron chi connectivity index (χ3n) is 2.38. The smallest absolute Gasteiger partial charge is 0.174 e. The Morgan fingerprint density at radius 3 is 2.61 bits per heavy atom. The lowest BCUT2D eigenvalue weighted by Crippen LogP contribution is -2.05. The number of halogens is 1. The van der Waals surface area contributed by atoms with Crippen molar-refractivity contribution in [2.75, 3.05) is 13.2 Å². The molecule has 0 bridgehead atoms. The van der Waals surface area contributed by atoms with E-state index in [-0.39, 0.29) is 0 Å². The van der Waals surface area contributed by atoms with Gasteiger partial charge < -0.3 is 9.47 Å². The Morgan fingerprint density at radius 1 is 1.33 bits per heavy atom. The monoisotopic (exact) mass is 359 g/mol. The van der Waals surface area contributed by atoms with Gasteiger partial charge in [0, 0.05) is 6.07 Å². The quantitative estimate of drug-likeness (QED) is 0.722. The van der Waals surface area contributed by atoms with E-state index in [2.05, 4.69) is 42.5 Å². The number of ether oxygens (including phenoxy) is 2. The summed E-state index contributed by atoms with van der Waals surface area (Å²) in [5.74, 6) is 2.01. The van der Waals surface area contributed by atoms with Gasteiger partial charge in [-0.3, -0.25) is 0 Å². The third-order valence-corrected chi connectivity index (χ3v) is 3.18. The molecule has 0 fully saturated rings. The average Bonchev–Trinajstić information content (AvgIpc) is 2.32. The topological polar surface area (TPSA) is 42.2 Å². The fourth-order valence-corrected chi connectivity index (χ4v) is 2.19. The number of nitriles is 1. The Bertz CT molecular complexity index is 438. The molecule has 4 heteroatoms. The molecule has 0 spiro atoms. The second-order valence-electron chi connectivity index (χ2n) is 4.36. The average molecular weight is 359 g/mol. The van der Waals surface area contributed by atoms with Crippen LogP contribution in [0.25, 0.3) is 0 Å². The number of hydrogen-bond acceptors (Lipinski definition) is 3. The van der Waals surface area contributed by atoms with E-state index in [1.165, 1.54) is 0 Å². The highest BCUT2D eigenvalue weighted by molar-refractivity contribution is 14.1. The van der Waals surface area contributed by atoms with Gasteiger partial charge in [-0.05, 0) is 47.9 Å². The van der Waals surface area contributed by atoms with Gasteiger partial charge >= 0.3 is 0 Å². The second kappa shape index (κ2) is 7.47. The van der Waals surface area contributed by atoms with Gasteiger partial charge in [-0.1, -0.05) is 13.8 Å².